The van der Waals surface area contributed by atoms with E-state index in [1.165, 1.54) is 71.4 Å². The first-order valence-electron chi connectivity index (χ1n) is 14.8. The van der Waals surface area contributed by atoms with Crippen LogP contribution in [-0.2, 0) is 0 Å². The lowest BCUT2D eigenvalue weighted by molar-refractivity contribution is 0.897. The molecule has 0 aliphatic carbocycles. The van der Waals surface area contributed by atoms with Gasteiger partial charge < -0.3 is 5.32 Å². The van der Waals surface area contributed by atoms with Gasteiger partial charge in [0.2, 0.25) is 0 Å². The number of rotatable bonds is 4. The molecule has 1 aliphatic rings. The Labute approximate surface area is 251 Å². The quantitative estimate of drug-likeness (QED) is 0.221. The standard InChI is InChI=1S/C41H30N2/c1-27-35(16-9-21-43-27)34-24-33(25-42-26-34)30-19-17-28-18-20-31(23-32(28)22-30)41-38-14-7-5-12-36(38)40(29-10-3-2-4-11-29)37-13-6-8-15-39(37)41/h2-20,22-26,43H,21H2,1H3. The van der Waals surface area contributed by atoms with Crippen LogP contribution in [0.3, 0.4) is 0 Å². The van der Waals surface area contributed by atoms with Crippen molar-refractivity contribution in [3.8, 4) is 33.4 Å². The van der Waals surface area contributed by atoms with E-state index in [0.29, 0.717) is 0 Å². The predicted molar refractivity (Wildman–Crippen MR) is 183 cm³/mol. The Balaban J connectivity index is 1.31. The van der Waals surface area contributed by atoms with Gasteiger partial charge in [-0.15, -0.1) is 0 Å². The maximum Gasteiger partial charge on any atom is 0.0347 e. The van der Waals surface area contributed by atoms with E-state index < -0.39 is 0 Å². The van der Waals surface area contributed by atoms with Gasteiger partial charge in [-0.3, -0.25) is 4.98 Å². The van der Waals surface area contributed by atoms with Crippen LogP contribution in [0.1, 0.15) is 12.5 Å². The molecule has 0 unspecified atom stereocenters. The average Bonchev–Trinajstić information content (AvgIpc) is 3.07. The van der Waals surface area contributed by atoms with Crippen LogP contribution < -0.4 is 5.32 Å². The zero-order chi connectivity index (χ0) is 28.8. The largest absolute Gasteiger partial charge is 0.385 e. The van der Waals surface area contributed by atoms with Crippen LogP contribution >= 0.6 is 0 Å². The molecule has 1 N–H and O–H groups in total. The number of hydrogen-bond donors (Lipinski definition) is 1. The number of aromatic nitrogens is 1. The summed E-state index contributed by atoms with van der Waals surface area (Å²) in [5.74, 6) is 0. The summed E-state index contributed by atoms with van der Waals surface area (Å²) in [4.78, 5) is 4.62. The minimum absolute atomic E-state index is 0.870. The number of pyridine rings is 1. The van der Waals surface area contributed by atoms with Gasteiger partial charge in [-0.05, 0) is 85.3 Å². The molecule has 0 fully saturated rings. The summed E-state index contributed by atoms with van der Waals surface area (Å²) in [5.41, 5.74) is 10.8. The first kappa shape index (κ1) is 25.3. The molecule has 1 aliphatic heterocycles. The van der Waals surface area contributed by atoms with Gasteiger partial charge in [0.1, 0.15) is 0 Å². The Morgan fingerprint density at radius 1 is 0.512 bits per heavy atom. The highest BCUT2D eigenvalue weighted by atomic mass is 14.9. The second-order valence-electron chi connectivity index (χ2n) is 11.3. The highest BCUT2D eigenvalue weighted by molar-refractivity contribution is 6.21. The molecule has 0 spiro atoms. The van der Waals surface area contributed by atoms with E-state index >= 15 is 0 Å². The SMILES string of the molecule is CC1=C(c2cncc(-c3ccc4ccc(-c5c6ccccc6c(-c6ccccc6)c6ccccc56)cc4c3)c2)C=CCN1. The molecule has 7 aromatic rings. The lowest BCUT2D eigenvalue weighted by Crippen LogP contribution is -2.15. The molecule has 0 atom stereocenters. The lowest BCUT2D eigenvalue weighted by Gasteiger charge is -2.18. The van der Waals surface area contributed by atoms with Gasteiger partial charge in [0.15, 0.2) is 0 Å². The van der Waals surface area contributed by atoms with Crippen molar-refractivity contribution >= 4 is 37.9 Å². The third-order valence-corrected chi connectivity index (χ3v) is 8.68. The zero-order valence-electron chi connectivity index (χ0n) is 24.0. The third-order valence-electron chi connectivity index (χ3n) is 8.68. The predicted octanol–water partition coefficient (Wildman–Crippen LogP) is 10.4. The van der Waals surface area contributed by atoms with Crippen molar-refractivity contribution in [2.45, 2.75) is 6.92 Å². The number of hydrogen-bond acceptors (Lipinski definition) is 2. The molecule has 2 nitrogen and oxygen atoms in total. The smallest absolute Gasteiger partial charge is 0.0347 e. The van der Waals surface area contributed by atoms with Crippen molar-refractivity contribution in [2.24, 2.45) is 0 Å². The fraction of sp³-hybridized carbons (Fsp3) is 0.0488. The molecule has 0 saturated carbocycles. The minimum Gasteiger partial charge on any atom is -0.385 e. The zero-order valence-corrected chi connectivity index (χ0v) is 24.0. The Kier molecular flexibility index (Phi) is 6.12. The summed E-state index contributed by atoms with van der Waals surface area (Å²) < 4.78 is 0. The van der Waals surface area contributed by atoms with Crippen LogP contribution in [0.15, 0.2) is 152 Å². The van der Waals surface area contributed by atoms with Gasteiger partial charge in [0, 0.05) is 41.3 Å². The summed E-state index contributed by atoms with van der Waals surface area (Å²) in [7, 11) is 0. The highest BCUT2D eigenvalue weighted by Crippen LogP contribution is 2.44. The van der Waals surface area contributed by atoms with Gasteiger partial charge in [-0.2, -0.15) is 0 Å². The first-order valence-corrected chi connectivity index (χ1v) is 14.8. The van der Waals surface area contributed by atoms with Crippen LogP contribution in [0.2, 0.25) is 0 Å². The number of allylic oxidation sites excluding steroid dienone is 3. The average molecular weight is 551 g/mol. The van der Waals surface area contributed by atoms with Gasteiger partial charge in [0.25, 0.3) is 0 Å². The summed E-state index contributed by atoms with van der Waals surface area (Å²) in [6, 6.07) is 44.3. The van der Waals surface area contributed by atoms with Crippen molar-refractivity contribution in [1.82, 2.24) is 10.3 Å². The van der Waals surface area contributed by atoms with Crippen molar-refractivity contribution in [3.63, 3.8) is 0 Å². The van der Waals surface area contributed by atoms with E-state index in [0.717, 1.165) is 17.7 Å². The van der Waals surface area contributed by atoms with Crippen LogP contribution in [0, 0.1) is 0 Å². The maximum absolute atomic E-state index is 4.62. The molecule has 0 saturated heterocycles. The number of benzene rings is 6. The van der Waals surface area contributed by atoms with E-state index in [4.69, 9.17) is 0 Å². The maximum atomic E-state index is 4.62. The summed E-state index contributed by atoms with van der Waals surface area (Å²) in [5, 5.41) is 11.0. The van der Waals surface area contributed by atoms with E-state index in [2.05, 4.69) is 151 Å². The van der Waals surface area contributed by atoms with E-state index in [-0.39, 0.29) is 0 Å². The van der Waals surface area contributed by atoms with E-state index in [1.54, 1.807) is 0 Å². The van der Waals surface area contributed by atoms with Crippen molar-refractivity contribution in [1.29, 1.82) is 0 Å². The van der Waals surface area contributed by atoms with E-state index in [9.17, 15) is 0 Å². The summed E-state index contributed by atoms with van der Waals surface area (Å²) in [6.07, 6.45) is 8.27. The first-order chi connectivity index (χ1) is 21.2. The van der Waals surface area contributed by atoms with Crippen molar-refractivity contribution in [3.05, 3.63) is 157 Å². The fourth-order valence-corrected chi connectivity index (χ4v) is 6.60. The van der Waals surface area contributed by atoms with Gasteiger partial charge in [0.05, 0.1) is 0 Å². The van der Waals surface area contributed by atoms with Gasteiger partial charge in [-0.25, -0.2) is 0 Å². The number of fused-ring (bicyclic) bond motifs is 3. The lowest BCUT2D eigenvalue weighted by atomic mass is 9.85. The Morgan fingerprint density at radius 2 is 1.09 bits per heavy atom. The second-order valence-corrected chi connectivity index (χ2v) is 11.3. The normalized spacial score (nSPS) is 13.1. The molecule has 8 rings (SSSR count). The fourth-order valence-electron chi connectivity index (χ4n) is 6.60. The van der Waals surface area contributed by atoms with Crippen LogP contribution in [-0.4, -0.2) is 11.5 Å². The minimum atomic E-state index is 0.870. The molecule has 6 aromatic carbocycles. The van der Waals surface area contributed by atoms with E-state index in [1.807, 2.05) is 12.4 Å². The van der Waals surface area contributed by atoms with Crippen molar-refractivity contribution in [2.75, 3.05) is 6.54 Å². The molecule has 43 heavy (non-hydrogen) atoms. The molecule has 0 amide bonds. The van der Waals surface area contributed by atoms with Gasteiger partial charge in [-0.1, -0.05) is 115 Å². The van der Waals surface area contributed by atoms with Gasteiger partial charge >= 0.3 is 0 Å². The third kappa shape index (κ3) is 4.40. The number of nitrogens with one attached hydrogen (secondary N) is 1. The second kappa shape index (κ2) is 10.4. The number of nitrogens with zero attached hydrogens (tertiary/aromatic N) is 1. The molecule has 1 aromatic heterocycles. The van der Waals surface area contributed by atoms with Crippen LogP contribution in [0.4, 0.5) is 0 Å². The molecule has 0 bridgehead atoms. The summed E-state index contributed by atoms with van der Waals surface area (Å²) in [6.45, 7) is 3.00. The molecular weight excluding hydrogens is 520 g/mol. The monoisotopic (exact) mass is 550 g/mol. The Bertz CT molecular complexity index is 2180. The molecular formula is C41H30N2. The van der Waals surface area contributed by atoms with Crippen LogP contribution in [0.5, 0.6) is 0 Å². The Hall–Kier alpha value is -5.47. The topological polar surface area (TPSA) is 24.9 Å². The summed E-state index contributed by atoms with van der Waals surface area (Å²) >= 11 is 0. The molecule has 0 radical (unpaired) electrons. The molecule has 2 heterocycles. The van der Waals surface area contributed by atoms with Crippen LogP contribution in [0.25, 0.3) is 71.3 Å². The molecule has 2 heteroatoms. The number of dihydropyridines is 1. The van der Waals surface area contributed by atoms with Crippen molar-refractivity contribution < 1.29 is 0 Å². The highest BCUT2D eigenvalue weighted by Gasteiger charge is 2.17. The molecule has 204 valence electrons. The Morgan fingerprint density at radius 3 is 1.77 bits per heavy atom.